The number of hydrogen-bond donors (Lipinski definition) is 4. The van der Waals surface area contributed by atoms with E-state index in [9.17, 15) is 24.0 Å². The van der Waals surface area contributed by atoms with Crippen molar-refractivity contribution in [1.29, 1.82) is 0 Å². The minimum Gasteiger partial charge on any atom is -0.346 e. The Labute approximate surface area is 329 Å². The van der Waals surface area contributed by atoms with Crippen LogP contribution in [0.25, 0.3) is 0 Å². The normalized spacial score (nSPS) is 26.3. The average Bonchev–Trinajstić information content (AvgIpc) is 3.73. The molecule has 1 saturated heterocycles. The van der Waals surface area contributed by atoms with Crippen LogP contribution >= 0.6 is 11.8 Å². The fourth-order valence-corrected chi connectivity index (χ4v) is 10.9. The molecular formula is C43H57N5O6S. The zero-order chi connectivity index (χ0) is 39.1. The van der Waals surface area contributed by atoms with E-state index in [0.29, 0.717) is 30.7 Å². The van der Waals surface area contributed by atoms with E-state index in [-0.39, 0.29) is 53.4 Å². The molecule has 7 rings (SSSR count). The Morgan fingerprint density at radius 1 is 0.964 bits per heavy atom. The Bertz CT molecular complexity index is 1740. The molecule has 4 aliphatic carbocycles. The molecular weight excluding hydrogens is 715 g/mol. The summed E-state index contributed by atoms with van der Waals surface area (Å²) in [5.74, 6) is -2.10. The molecule has 55 heavy (non-hydrogen) atoms. The molecule has 3 saturated carbocycles. The van der Waals surface area contributed by atoms with Crippen LogP contribution in [0.15, 0.2) is 47.9 Å². The molecule has 0 aromatic heterocycles. The fourth-order valence-electron chi connectivity index (χ4n) is 10.0. The second-order valence-electron chi connectivity index (χ2n) is 17.7. The van der Waals surface area contributed by atoms with Gasteiger partial charge in [-0.15, -0.1) is 18.3 Å². The smallest absolute Gasteiger partial charge is 0.289 e. The molecule has 6 atom stereocenters. The number of carbonyl (C=O) groups is 6. The highest BCUT2D eigenvalue weighted by Crippen LogP contribution is 2.65. The first kappa shape index (κ1) is 39.3. The summed E-state index contributed by atoms with van der Waals surface area (Å²) in [7, 11) is 0. The number of hydrogen-bond acceptors (Lipinski definition) is 7. The van der Waals surface area contributed by atoms with Gasteiger partial charge in [0.15, 0.2) is 0 Å². The number of Topliss-reactive ketones (excluding diaryl/α,β-unsaturated/α-hetero) is 1. The molecule has 296 valence electrons. The van der Waals surface area contributed by atoms with E-state index in [1.807, 2.05) is 18.2 Å². The number of fused-ring (bicyclic) bond motifs is 2. The van der Waals surface area contributed by atoms with Crippen LogP contribution in [0.2, 0.25) is 0 Å². The standard InChI is InChI=1S/C43H57N5O6S/c1-5-19-44-39(52)35(49)30(21-25-15-16-25)45-38(51)34-32-29(42(32,2)3)24-48(34)41(54)33(28-22-26-12-7-8-13-27(26)23-28)46-40(53)36(43(4)17-9-6-10-18-43)47-37(50)31-14-11-20-55-31/h5,7-8,12-14,25,28-30,32-34,36H,1,6,9-11,15-24H2,2-4H3,(H,44,52)(H,45,51)(H,46,53)(H,47,50)/t29-,30?,32-,33-,34-,36+/m0/s1. The third kappa shape index (κ3) is 8.16. The lowest BCUT2D eigenvalue weighted by atomic mass is 9.70. The van der Waals surface area contributed by atoms with Crippen molar-refractivity contribution in [2.24, 2.45) is 34.5 Å². The zero-order valence-electron chi connectivity index (χ0n) is 32.5. The molecule has 4 fully saturated rings. The van der Waals surface area contributed by atoms with E-state index in [2.05, 4.69) is 60.8 Å². The molecule has 1 aromatic carbocycles. The van der Waals surface area contributed by atoms with Crippen LogP contribution in [0, 0.1) is 34.5 Å². The molecule has 5 amide bonds. The summed E-state index contributed by atoms with van der Waals surface area (Å²) < 4.78 is 0. The molecule has 6 aliphatic rings. The number of nitrogens with zero attached hydrogens (tertiary/aromatic N) is 1. The van der Waals surface area contributed by atoms with Crippen LogP contribution in [0.1, 0.15) is 89.7 Å². The van der Waals surface area contributed by atoms with Crippen molar-refractivity contribution in [3.63, 3.8) is 0 Å². The van der Waals surface area contributed by atoms with Gasteiger partial charge in [0.1, 0.15) is 18.1 Å². The number of thioether (sulfide) groups is 1. The van der Waals surface area contributed by atoms with Gasteiger partial charge in [0.25, 0.3) is 11.8 Å². The molecule has 2 heterocycles. The molecule has 1 unspecified atom stereocenters. The second kappa shape index (κ2) is 15.9. The molecule has 12 heteroatoms. The van der Waals surface area contributed by atoms with Gasteiger partial charge in [0, 0.05) is 18.8 Å². The first-order valence-corrected chi connectivity index (χ1v) is 21.4. The Kier molecular flexibility index (Phi) is 11.4. The van der Waals surface area contributed by atoms with Gasteiger partial charge in [-0.3, -0.25) is 28.8 Å². The fraction of sp³-hybridized carbons (Fsp3) is 0.628. The number of nitrogens with one attached hydrogen (secondary N) is 4. The molecule has 0 bridgehead atoms. The lowest BCUT2D eigenvalue weighted by Crippen LogP contribution is -2.63. The summed E-state index contributed by atoms with van der Waals surface area (Å²) in [5, 5.41) is 11.8. The topological polar surface area (TPSA) is 154 Å². The van der Waals surface area contributed by atoms with Crippen molar-refractivity contribution in [2.45, 2.75) is 116 Å². The molecule has 1 aromatic rings. The van der Waals surface area contributed by atoms with Gasteiger partial charge in [-0.2, -0.15) is 0 Å². The molecule has 11 nitrogen and oxygen atoms in total. The third-order valence-electron chi connectivity index (χ3n) is 13.6. The van der Waals surface area contributed by atoms with Crippen molar-refractivity contribution >= 4 is 47.1 Å². The Morgan fingerprint density at radius 2 is 1.65 bits per heavy atom. The maximum Gasteiger partial charge on any atom is 0.289 e. The van der Waals surface area contributed by atoms with E-state index in [1.165, 1.54) is 17.8 Å². The molecule has 0 spiro atoms. The lowest BCUT2D eigenvalue weighted by Gasteiger charge is -2.41. The number of amides is 5. The Balaban J connectivity index is 1.17. The average molecular weight is 772 g/mol. The highest BCUT2D eigenvalue weighted by Gasteiger charge is 2.70. The Morgan fingerprint density at radius 3 is 2.27 bits per heavy atom. The van der Waals surface area contributed by atoms with E-state index in [1.54, 1.807) is 4.90 Å². The zero-order valence-corrected chi connectivity index (χ0v) is 33.3. The van der Waals surface area contributed by atoms with E-state index in [4.69, 9.17) is 0 Å². The van der Waals surface area contributed by atoms with Gasteiger partial charge in [0.2, 0.25) is 23.5 Å². The largest absolute Gasteiger partial charge is 0.346 e. The minimum absolute atomic E-state index is 0.0724. The number of ketones is 1. The van der Waals surface area contributed by atoms with Crippen LogP contribution in [0.5, 0.6) is 0 Å². The van der Waals surface area contributed by atoms with Gasteiger partial charge in [-0.1, -0.05) is 89.3 Å². The number of rotatable bonds is 15. The minimum atomic E-state index is -1.00. The number of likely N-dealkylation sites (tertiary alicyclic amines) is 1. The summed E-state index contributed by atoms with van der Waals surface area (Å²) in [6, 6.07) is 4.43. The van der Waals surface area contributed by atoms with Crippen molar-refractivity contribution in [3.8, 4) is 0 Å². The SMILES string of the molecule is C=CCNC(=O)C(=O)C(CC1CC1)NC(=O)[C@@H]1[C@@H]2[C@H](CN1C(=O)[C@@H](NC(=O)[C@@H](NC(=O)C1=CCCS1)C1(C)CCCCC1)C1Cc3ccccc3C1)C2(C)C. The summed E-state index contributed by atoms with van der Waals surface area (Å²) >= 11 is 1.49. The first-order valence-electron chi connectivity index (χ1n) is 20.4. The van der Waals surface area contributed by atoms with Gasteiger partial charge >= 0.3 is 0 Å². The van der Waals surface area contributed by atoms with Gasteiger partial charge in [-0.25, -0.2) is 0 Å². The molecule has 0 radical (unpaired) electrons. The third-order valence-corrected chi connectivity index (χ3v) is 14.7. The van der Waals surface area contributed by atoms with Crippen LogP contribution < -0.4 is 21.3 Å². The quantitative estimate of drug-likeness (QED) is 0.155. The van der Waals surface area contributed by atoms with Crippen molar-refractivity contribution in [2.75, 3.05) is 18.8 Å². The maximum atomic E-state index is 15.1. The van der Waals surface area contributed by atoms with Crippen molar-refractivity contribution < 1.29 is 28.8 Å². The molecule has 2 aliphatic heterocycles. The number of carbonyl (C=O) groups excluding carboxylic acids is 6. The van der Waals surface area contributed by atoms with Gasteiger partial charge in [0.05, 0.1) is 10.9 Å². The van der Waals surface area contributed by atoms with E-state index in [0.717, 1.165) is 68.2 Å². The maximum absolute atomic E-state index is 15.1. The summed E-state index contributed by atoms with van der Waals surface area (Å²) in [4.78, 5) is 86.3. The van der Waals surface area contributed by atoms with E-state index < -0.39 is 47.2 Å². The predicted molar refractivity (Wildman–Crippen MR) is 211 cm³/mol. The second-order valence-corrected chi connectivity index (χ2v) is 18.9. The van der Waals surface area contributed by atoms with Crippen LogP contribution in [-0.4, -0.2) is 83.2 Å². The van der Waals surface area contributed by atoms with Crippen LogP contribution in [-0.2, 0) is 41.6 Å². The van der Waals surface area contributed by atoms with Crippen LogP contribution in [0.3, 0.4) is 0 Å². The van der Waals surface area contributed by atoms with Gasteiger partial charge < -0.3 is 26.2 Å². The van der Waals surface area contributed by atoms with E-state index >= 15 is 4.79 Å². The summed E-state index contributed by atoms with van der Waals surface area (Å²) in [6.07, 6.45) is 12.2. The predicted octanol–water partition coefficient (Wildman–Crippen LogP) is 4.00. The van der Waals surface area contributed by atoms with Crippen molar-refractivity contribution in [3.05, 3.63) is 59.0 Å². The summed E-state index contributed by atoms with van der Waals surface area (Å²) in [6.45, 7) is 10.4. The highest BCUT2D eigenvalue weighted by molar-refractivity contribution is 8.04. The number of benzene rings is 1. The monoisotopic (exact) mass is 771 g/mol. The molecule has 4 N–H and O–H groups in total. The lowest BCUT2D eigenvalue weighted by molar-refractivity contribution is -0.146. The Hall–Kier alpha value is -3.93. The van der Waals surface area contributed by atoms with Crippen molar-refractivity contribution in [1.82, 2.24) is 26.2 Å². The van der Waals surface area contributed by atoms with Gasteiger partial charge in [-0.05, 0) is 84.2 Å². The highest BCUT2D eigenvalue weighted by atomic mass is 32.2. The number of allylic oxidation sites excluding steroid dienone is 1. The summed E-state index contributed by atoms with van der Waals surface area (Å²) in [5.41, 5.74) is 1.57. The van der Waals surface area contributed by atoms with Crippen LogP contribution in [0.4, 0.5) is 0 Å². The first-order chi connectivity index (χ1) is 26.3. The number of piperidine rings is 1.